The second kappa shape index (κ2) is 12.4. The number of fused-ring (bicyclic) bond motifs is 1. The molecule has 37 heavy (non-hydrogen) atoms. The van der Waals surface area contributed by atoms with E-state index in [1.165, 1.54) is 18.4 Å². The van der Waals surface area contributed by atoms with Crippen molar-refractivity contribution in [3.8, 4) is 0 Å². The maximum absolute atomic E-state index is 13.6. The molecule has 0 N–H and O–H groups in total. The van der Waals surface area contributed by atoms with Crippen molar-refractivity contribution in [3.05, 3.63) is 64.7 Å². The van der Waals surface area contributed by atoms with Gasteiger partial charge in [-0.05, 0) is 68.5 Å². The first-order valence-corrected chi connectivity index (χ1v) is 14.3. The fraction of sp³-hybridized carbons (Fsp3) is 0.533. The molecule has 2 aromatic carbocycles. The second-order valence-corrected chi connectivity index (χ2v) is 11.2. The predicted octanol–water partition coefficient (Wildman–Crippen LogP) is 4.80. The zero-order chi connectivity index (χ0) is 25.6. The minimum Gasteiger partial charge on any atom is -0.337 e. The summed E-state index contributed by atoms with van der Waals surface area (Å²) < 4.78 is 0. The van der Waals surface area contributed by atoms with Crippen molar-refractivity contribution >= 4 is 29.1 Å². The molecule has 1 saturated carbocycles. The third-order valence-corrected chi connectivity index (χ3v) is 8.11. The van der Waals surface area contributed by atoms with Crippen molar-refractivity contribution in [2.75, 3.05) is 50.7 Å². The summed E-state index contributed by atoms with van der Waals surface area (Å²) in [6, 6.07) is 16.3. The Bertz CT molecular complexity index is 1070. The summed E-state index contributed by atoms with van der Waals surface area (Å²) in [6.07, 6.45) is 5.79. The lowest BCUT2D eigenvalue weighted by Crippen LogP contribution is -2.39. The highest BCUT2D eigenvalue weighted by molar-refractivity contribution is 6.31. The van der Waals surface area contributed by atoms with Crippen molar-refractivity contribution in [3.63, 3.8) is 0 Å². The number of benzene rings is 2. The Labute approximate surface area is 226 Å². The molecule has 7 heteroatoms. The lowest BCUT2D eigenvalue weighted by atomic mass is 10.1. The van der Waals surface area contributed by atoms with E-state index in [9.17, 15) is 9.59 Å². The fourth-order valence-corrected chi connectivity index (χ4v) is 5.73. The van der Waals surface area contributed by atoms with Crippen molar-refractivity contribution in [2.45, 2.75) is 51.6 Å². The van der Waals surface area contributed by atoms with Crippen LogP contribution in [0.25, 0.3) is 0 Å². The smallest absolute Gasteiger partial charge is 0.230 e. The zero-order valence-corrected chi connectivity index (χ0v) is 22.5. The van der Waals surface area contributed by atoms with E-state index in [4.69, 9.17) is 11.6 Å². The van der Waals surface area contributed by atoms with Crippen molar-refractivity contribution in [1.29, 1.82) is 0 Å². The molecule has 5 rings (SSSR count). The number of anilines is 1. The number of amides is 2. The van der Waals surface area contributed by atoms with E-state index >= 15 is 0 Å². The van der Waals surface area contributed by atoms with Crippen molar-refractivity contribution in [1.82, 2.24) is 14.7 Å². The molecule has 1 aliphatic carbocycles. The Hall–Kier alpha value is -2.41. The first kappa shape index (κ1) is 26.2. The second-order valence-electron chi connectivity index (χ2n) is 10.8. The van der Waals surface area contributed by atoms with Gasteiger partial charge in [-0.15, -0.1) is 0 Å². The van der Waals surface area contributed by atoms with E-state index in [1.807, 2.05) is 34.1 Å². The van der Waals surface area contributed by atoms with Crippen LogP contribution in [-0.4, -0.2) is 72.3 Å². The average Bonchev–Trinajstić information content (AvgIpc) is 3.63. The summed E-state index contributed by atoms with van der Waals surface area (Å²) >= 11 is 6.44. The molecule has 2 fully saturated rings. The highest BCUT2D eigenvalue weighted by Gasteiger charge is 2.35. The largest absolute Gasteiger partial charge is 0.337 e. The molecule has 0 unspecified atom stereocenters. The van der Waals surface area contributed by atoms with Gasteiger partial charge in [0, 0.05) is 63.2 Å². The summed E-state index contributed by atoms with van der Waals surface area (Å²) in [5, 5.41) is 0.625. The molecule has 0 radical (unpaired) electrons. The van der Waals surface area contributed by atoms with Gasteiger partial charge in [-0.1, -0.05) is 48.0 Å². The summed E-state index contributed by atoms with van der Waals surface area (Å²) in [7, 11) is 0. The predicted molar refractivity (Wildman–Crippen MR) is 149 cm³/mol. The Morgan fingerprint density at radius 1 is 0.838 bits per heavy atom. The van der Waals surface area contributed by atoms with Gasteiger partial charge in [-0.2, -0.15) is 0 Å². The molecule has 198 valence electrons. The summed E-state index contributed by atoms with van der Waals surface area (Å²) in [6.45, 7) is 7.36. The van der Waals surface area contributed by atoms with Crippen LogP contribution in [0.2, 0.25) is 5.02 Å². The Morgan fingerprint density at radius 2 is 1.59 bits per heavy atom. The molecule has 6 nitrogen and oxygen atoms in total. The minimum atomic E-state index is 0.121. The molecule has 0 spiro atoms. The molecule has 0 atom stereocenters. The van der Waals surface area contributed by atoms with Crippen LogP contribution in [0.3, 0.4) is 0 Å². The van der Waals surface area contributed by atoms with Crippen LogP contribution in [0.15, 0.2) is 48.5 Å². The van der Waals surface area contributed by atoms with Gasteiger partial charge in [0.2, 0.25) is 11.8 Å². The lowest BCUT2D eigenvalue weighted by Gasteiger charge is -2.29. The van der Waals surface area contributed by atoms with Crippen LogP contribution in [0, 0.1) is 5.92 Å². The molecule has 2 heterocycles. The SMILES string of the molecule is O=C(CCN1CCCC1)N1CCN(Cc2ccccc2)CCCN(C(=O)C2CC2)c2cc(Cl)ccc2C1. The van der Waals surface area contributed by atoms with Gasteiger partial charge in [-0.3, -0.25) is 14.5 Å². The van der Waals surface area contributed by atoms with Gasteiger partial charge in [-0.25, -0.2) is 0 Å². The van der Waals surface area contributed by atoms with E-state index in [2.05, 4.69) is 34.1 Å². The van der Waals surface area contributed by atoms with Gasteiger partial charge in [0.25, 0.3) is 0 Å². The van der Waals surface area contributed by atoms with E-state index in [0.29, 0.717) is 31.1 Å². The number of carbonyl (C=O) groups is 2. The number of hydrogen-bond donors (Lipinski definition) is 0. The van der Waals surface area contributed by atoms with Crippen LogP contribution < -0.4 is 4.90 Å². The first-order chi connectivity index (χ1) is 18.1. The minimum absolute atomic E-state index is 0.121. The quantitative estimate of drug-likeness (QED) is 0.546. The standard InChI is InChI=1S/C30H39ClN4O2/c31-27-12-11-26-23-34(29(36)13-18-32-14-4-5-15-32)20-19-33(22-24-7-2-1-3-8-24)16-6-17-35(28(26)21-27)30(37)25-9-10-25/h1-3,7-8,11-12,21,25H,4-6,9-10,13-20,22-23H2. The monoisotopic (exact) mass is 522 g/mol. The van der Waals surface area contributed by atoms with E-state index in [0.717, 1.165) is 69.8 Å². The molecule has 2 aromatic rings. The number of halogens is 1. The topological polar surface area (TPSA) is 47.1 Å². The van der Waals surface area contributed by atoms with Crippen LogP contribution in [0.4, 0.5) is 5.69 Å². The van der Waals surface area contributed by atoms with E-state index in [1.54, 1.807) is 0 Å². The van der Waals surface area contributed by atoms with E-state index in [-0.39, 0.29) is 17.7 Å². The molecule has 0 bridgehead atoms. The lowest BCUT2D eigenvalue weighted by molar-refractivity contribution is -0.132. The Morgan fingerprint density at radius 3 is 2.35 bits per heavy atom. The van der Waals surface area contributed by atoms with Gasteiger partial charge in [0.05, 0.1) is 5.69 Å². The molecule has 2 aliphatic heterocycles. The number of carbonyl (C=O) groups excluding carboxylic acids is 2. The molecule has 2 amide bonds. The highest BCUT2D eigenvalue weighted by Crippen LogP contribution is 2.35. The number of rotatable bonds is 6. The van der Waals surface area contributed by atoms with Crippen molar-refractivity contribution < 1.29 is 9.59 Å². The maximum atomic E-state index is 13.6. The summed E-state index contributed by atoms with van der Waals surface area (Å²) in [5.74, 6) is 0.506. The number of hydrogen-bond acceptors (Lipinski definition) is 4. The summed E-state index contributed by atoms with van der Waals surface area (Å²) in [5.41, 5.74) is 3.15. The maximum Gasteiger partial charge on any atom is 0.230 e. The zero-order valence-electron chi connectivity index (χ0n) is 21.8. The Kier molecular flexibility index (Phi) is 8.80. The van der Waals surface area contributed by atoms with Crippen LogP contribution in [0.5, 0.6) is 0 Å². The van der Waals surface area contributed by atoms with Gasteiger partial charge in [0.15, 0.2) is 0 Å². The highest BCUT2D eigenvalue weighted by atomic mass is 35.5. The van der Waals surface area contributed by atoms with Gasteiger partial charge in [0.1, 0.15) is 0 Å². The molecular weight excluding hydrogens is 484 g/mol. The van der Waals surface area contributed by atoms with Gasteiger partial charge >= 0.3 is 0 Å². The third-order valence-electron chi connectivity index (χ3n) is 7.88. The van der Waals surface area contributed by atoms with Crippen molar-refractivity contribution in [2.24, 2.45) is 5.92 Å². The van der Waals surface area contributed by atoms with Gasteiger partial charge < -0.3 is 14.7 Å². The number of nitrogens with zero attached hydrogens (tertiary/aromatic N) is 4. The fourth-order valence-electron chi connectivity index (χ4n) is 5.56. The van der Waals surface area contributed by atoms with Crippen LogP contribution in [0.1, 0.15) is 49.7 Å². The molecular formula is C30H39ClN4O2. The summed E-state index contributed by atoms with van der Waals surface area (Å²) in [4.78, 5) is 35.7. The number of likely N-dealkylation sites (tertiary alicyclic amines) is 1. The Balaban J connectivity index is 1.40. The molecule has 0 aromatic heterocycles. The van der Waals surface area contributed by atoms with Crippen LogP contribution >= 0.6 is 11.6 Å². The van der Waals surface area contributed by atoms with Crippen LogP contribution in [-0.2, 0) is 22.7 Å². The molecule has 1 saturated heterocycles. The third kappa shape index (κ3) is 7.13. The van der Waals surface area contributed by atoms with E-state index < -0.39 is 0 Å². The molecule has 3 aliphatic rings. The average molecular weight is 523 g/mol. The normalized spacial score (nSPS) is 19.9. The first-order valence-electron chi connectivity index (χ1n) is 13.9.